The minimum absolute atomic E-state index is 0.322. The van der Waals surface area contributed by atoms with Gasteiger partial charge in [0.05, 0.1) is 10.1 Å². The van der Waals surface area contributed by atoms with Gasteiger partial charge < -0.3 is 5.32 Å². The summed E-state index contributed by atoms with van der Waals surface area (Å²) in [5.74, 6) is 0. The molecule has 1 aromatic carbocycles. The summed E-state index contributed by atoms with van der Waals surface area (Å²) in [6.45, 7) is 4.87. The topological polar surface area (TPSA) is 46.2 Å². The molecule has 0 amide bonds. The van der Waals surface area contributed by atoms with Gasteiger partial charge in [-0.15, -0.1) is 0 Å². The summed E-state index contributed by atoms with van der Waals surface area (Å²) in [7, 11) is -3.25. The van der Waals surface area contributed by atoms with Gasteiger partial charge in [0, 0.05) is 11.6 Å². The van der Waals surface area contributed by atoms with Crippen molar-refractivity contribution in [2.45, 2.75) is 24.0 Å². The van der Waals surface area contributed by atoms with Gasteiger partial charge in [-0.2, -0.15) is 0 Å². The molecule has 0 saturated heterocycles. The van der Waals surface area contributed by atoms with Crippen molar-refractivity contribution < 1.29 is 8.42 Å². The normalized spacial score (nSPS) is 13.7. The van der Waals surface area contributed by atoms with Crippen molar-refractivity contribution in [2.24, 2.45) is 0 Å². The Kier molecular flexibility index (Phi) is 4.77. The summed E-state index contributed by atoms with van der Waals surface area (Å²) in [6, 6.07) is 6.27. The Morgan fingerprint density at radius 2 is 1.88 bits per heavy atom. The van der Waals surface area contributed by atoms with E-state index in [0.717, 1.165) is 6.54 Å². The van der Waals surface area contributed by atoms with Crippen LogP contribution in [0.4, 0.5) is 0 Å². The highest BCUT2D eigenvalue weighted by molar-refractivity contribution is 7.92. The van der Waals surface area contributed by atoms with Crippen LogP contribution in [0.3, 0.4) is 0 Å². The molecule has 0 spiro atoms. The average Bonchev–Trinajstić information content (AvgIpc) is 2.26. The van der Waals surface area contributed by atoms with Gasteiger partial charge in [-0.1, -0.05) is 18.5 Å². The van der Waals surface area contributed by atoms with Gasteiger partial charge in [-0.25, -0.2) is 8.42 Å². The van der Waals surface area contributed by atoms with Crippen LogP contribution in [0.5, 0.6) is 0 Å². The molecule has 16 heavy (non-hydrogen) atoms. The summed E-state index contributed by atoms with van der Waals surface area (Å²) in [4.78, 5) is 0.322. The van der Waals surface area contributed by atoms with E-state index in [-0.39, 0.29) is 0 Å². The SMILES string of the molecule is CCNCC(C)S(=O)(=O)c1ccc(Cl)cc1. The van der Waals surface area contributed by atoms with E-state index in [1.807, 2.05) is 6.92 Å². The van der Waals surface area contributed by atoms with Gasteiger partial charge in [0.2, 0.25) is 0 Å². The molecule has 0 aromatic heterocycles. The fourth-order valence-electron chi connectivity index (χ4n) is 1.31. The molecule has 0 saturated carbocycles. The zero-order valence-electron chi connectivity index (χ0n) is 9.40. The lowest BCUT2D eigenvalue weighted by atomic mass is 10.4. The Balaban J connectivity index is 2.89. The molecule has 0 fully saturated rings. The lowest BCUT2D eigenvalue weighted by Gasteiger charge is -2.13. The van der Waals surface area contributed by atoms with Crippen molar-refractivity contribution in [3.8, 4) is 0 Å². The Labute approximate surface area is 102 Å². The third-order valence-electron chi connectivity index (χ3n) is 2.35. The highest BCUT2D eigenvalue weighted by Gasteiger charge is 2.22. The lowest BCUT2D eigenvalue weighted by Crippen LogP contribution is -2.31. The number of benzene rings is 1. The molecule has 0 aliphatic carbocycles. The molecule has 1 aromatic rings. The Hall–Kier alpha value is -0.580. The van der Waals surface area contributed by atoms with Crippen LogP contribution in [0.2, 0.25) is 5.02 Å². The van der Waals surface area contributed by atoms with Gasteiger partial charge in [0.15, 0.2) is 9.84 Å². The van der Waals surface area contributed by atoms with Crippen molar-refractivity contribution in [2.75, 3.05) is 13.1 Å². The molecule has 0 radical (unpaired) electrons. The monoisotopic (exact) mass is 261 g/mol. The van der Waals surface area contributed by atoms with Crippen LogP contribution in [0.15, 0.2) is 29.2 Å². The number of nitrogens with one attached hydrogen (secondary N) is 1. The number of sulfone groups is 1. The molecule has 0 bridgehead atoms. The second-order valence-electron chi connectivity index (χ2n) is 3.62. The highest BCUT2D eigenvalue weighted by atomic mass is 35.5. The molecule has 3 nitrogen and oxygen atoms in total. The van der Waals surface area contributed by atoms with E-state index in [0.29, 0.717) is 16.5 Å². The van der Waals surface area contributed by atoms with Crippen LogP contribution in [-0.4, -0.2) is 26.8 Å². The average molecular weight is 262 g/mol. The van der Waals surface area contributed by atoms with Crippen LogP contribution in [0.25, 0.3) is 0 Å². The molecule has 1 unspecified atom stereocenters. The third kappa shape index (κ3) is 3.20. The smallest absolute Gasteiger partial charge is 0.182 e. The van der Waals surface area contributed by atoms with Crippen molar-refractivity contribution in [3.63, 3.8) is 0 Å². The largest absolute Gasteiger partial charge is 0.316 e. The quantitative estimate of drug-likeness (QED) is 0.883. The van der Waals surface area contributed by atoms with Crippen LogP contribution < -0.4 is 5.32 Å². The van der Waals surface area contributed by atoms with E-state index in [2.05, 4.69) is 5.32 Å². The molecular formula is C11H16ClNO2S. The maximum Gasteiger partial charge on any atom is 0.182 e. The van der Waals surface area contributed by atoms with Crippen LogP contribution in [0, 0.1) is 0 Å². The van der Waals surface area contributed by atoms with E-state index in [1.54, 1.807) is 31.2 Å². The van der Waals surface area contributed by atoms with E-state index >= 15 is 0 Å². The molecule has 5 heteroatoms. The highest BCUT2D eigenvalue weighted by Crippen LogP contribution is 2.18. The predicted octanol–water partition coefficient (Wildman–Crippen LogP) is 2.11. The first-order chi connectivity index (χ1) is 7.48. The fourth-order valence-corrected chi connectivity index (χ4v) is 2.76. The second-order valence-corrected chi connectivity index (χ2v) is 6.42. The van der Waals surface area contributed by atoms with E-state index < -0.39 is 15.1 Å². The van der Waals surface area contributed by atoms with Crippen molar-refractivity contribution in [1.29, 1.82) is 0 Å². The van der Waals surface area contributed by atoms with Crippen LogP contribution in [-0.2, 0) is 9.84 Å². The van der Waals surface area contributed by atoms with Gasteiger partial charge in [-0.05, 0) is 37.7 Å². The molecule has 1 rings (SSSR count). The summed E-state index contributed by atoms with van der Waals surface area (Å²) >= 11 is 5.72. The zero-order valence-corrected chi connectivity index (χ0v) is 11.0. The maximum atomic E-state index is 12.1. The summed E-state index contributed by atoms with van der Waals surface area (Å²) in [5.41, 5.74) is 0. The minimum atomic E-state index is -3.25. The first-order valence-corrected chi connectivity index (χ1v) is 7.11. The van der Waals surface area contributed by atoms with Crippen LogP contribution >= 0.6 is 11.6 Å². The van der Waals surface area contributed by atoms with Crippen molar-refractivity contribution >= 4 is 21.4 Å². The fraction of sp³-hybridized carbons (Fsp3) is 0.455. The molecule has 1 atom stereocenters. The Morgan fingerprint density at radius 1 is 1.31 bits per heavy atom. The number of rotatable bonds is 5. The maximum absolute atomic E-state index is 12.1. The Bertz CT molecular complexity index is 428. The summed E-state index contributed by atoms with van der Waals surface area (Å²) < 4.78 is 24.1. The molecule has 0 aliphatic heterocycles. The van der Waals surface area contributed by atoms with E-state index in [4.69, 9.17) is 11.6 Å². The summed E-state index contributed by atoms with van der Waals surface area (Å²) in [5, 5.41) is 3.13. The van der Waals surface area contributed by atoms with E-state index in [1.165, 1.54) is 0 Å². The van der Waals surface area contributed by atoms with Gasteiger partial charge >= 0.3 is 0 Å². The second kappa shape index (κ2) is 5.66. The van der Waals surface area contributed by atoms with Crippen LogP contribution in [0.1, 0.15) is 13.8 Å². The van der Waals surface area contributed by atoms with Crippen molar-refractivity contribution in [3.05, 3.63) is 29.3 Å². The number of hydrogen-bond acceptors (Lipinski definition) is 3. The van der Waals surface area contributed by atoms with Gasteiger partial charge in [-0.3, -0.25) is 0 Å². The standard InChI is InChI=1S/C11H16ClNO2S/c1-3-13-8-9(2)16(14,15)11-6-4-10(12)5-7-11/h4-7,9,13H,3,8H2,1-2H3. The molecule has 90 valence electrons. The van der Waals surface area contributed by atoms with Gasteiger partial charge in [0.1, 0.15) is 0 Å². The summed E-state index contributed by atoms with van der Waals surface area (Å²) in [6.07, 6.45) is 0. The Morgan fingerprint density at radius 3 is 2.38 bits per heavy atom. The third-order valence-corrected chi connectivity index (χ3v) is 4.76. The minimum Gasteiger partial charge on any atom is -0.316 e. The number of halogens is 1. The lowest BCUT2D eigenvalue weighted by molar-refractivity contribution is 0.574. The van der Waals surface area contributed by atoms with E-state index in [9.17, 15) is 8.42 Å². The number of hydrogen-bond donors (Lipinski definition) is 1. The van der Waals surface area contributed by atoms with Gasteiger partial charge in [0.25, 0.3) is 0 Å². The molecule has 0 aliphatic rings. The molecular weight excluding hydrogens is 246 g/mol. The molecule has 1 N–H and O–H groups in total. The first-order valence-electron chi connectivity index (χ1n) is 5.18. The predicted molar refractivity (Wildman–Crippen MR) is 66.6 cm³/mol. The first kappa shape index (κ1) is 13.5. The van der Waals surface area contributed by atoms with Crippen molar-refractivity contribution in [1.82, 2.24) is 5.32 Å². The molecule has 0 heterocycles. The zero-order chi connectivity index (χ0) is 12.2.